The minimum Gasteiger partial charge on any atom is -0.320 e. The quantitative estimate of drug-likeness (QED) is 0.611. The largest absolute Gasteiger partial charge is 0.320 e. The van der Waals surface area contributed by atoms with Gasteiger partial charge < -0.3 is 5.32 Å². The van der Waals surface area contributed by atoms with Crippen LogP contribution in [0.4, 0.5) is 0 Å². The number of sulfonamides is 1. The summed E-state index contributed by atoms with van der Waals surface area (Å²) in [5.41, 5.74) is 1.06. The van der Waals surface area contributed by atoms with Gasteiger partial charge in [-0.3, -0.25) is 0 Å². The molecule has 0 spiro atoms. The summed E-state index contributed by atoms with van der Waals surface area (Å²) in [6, 6.07) is 6.95. The van der Waals surface area contributed by atoms with E-state index in [1.807, 2.05) is 19.2 Å². The van der Waals surface area contributed by atoms with Crippen LogP contribution in [-0.2, 0) is 15.4 Å². The van der Waals surface area contributed by atoms with Crippen LogP contribution in [0.5, 0.6) is 0 Å². The third kappa shape index (κ3) is 4.05. The smallest absolute Gasteiger partial charge is 0.242 e. The first-order valence-electron chi connectivity index (χ1n) is 5.78. The molecule has 1 aromatic carbocycles. The molecule has 0 saturated carbocycles. The first-order valence-corrected chi connectivity index (χ1v) is 8.34. The second-order valence-corrected chi connectivity index (χ2v) is 6.67. The zero-order valence-corrected chi connectivity index (χ0v) is 13.1. The van der Waals surface area contributed by atoms with Gasteiger partial charge in [-0.25, -0.2) is 12.7 Å². The van der Waals surface area contributed by atoms with Crippen LogP contribution < -0.4 is 5.32 Å². The topological polar surface area (TPSA) is 49.4 Å². The number of halogens is 1. The molecule has 0 aromatic heterocycles. The van der Waals surface area contributed by atoms with Crippen LogP contribution in [0.3, 0.4) is 0 Å². The van der Waals surface area contributed by atoms with Gasteiger partial charge in [0, 0.05) is 18.9 Å². The molecule has 1 N–H and O–H groups in total. The summed E-state index contributed by atoms with van der Waals surface area (Å²) in [6.45, 7) is 1.33. The van der Waals surface area contributed by atoms with Crippen molar-refractivity contribution in [3.63, 3.8) is 0 Å². The van der Waals surface area contributed by atoms with Crippen LogP contribution in [0.15, 0.2) is 29.2 Å². The Morgan fingerprint density at radius 2 is 1.89 bits per heavy atom. The van der Waals surface area contributed by atoms with Crippen molar-refractivity contribution in [3.8, 4) is 0 Å². The maximum Gasteiger partial charge on any atom is 0.242 e. The van der Waals surface area contributed by atoms with Crippen molar-refractivity contribution >= 4 is 26.0 Å². The number of nitrogens with zero attached hydrogens (tertiary/aromatic N) is 1. The summed E-state index contributed by atoms with van der Waals surface area (Å²) in [4.78, 5) is 0.346. The molecule has 4 nitrogen and oxygen atoms in total. The van der Waals surface area contributed by atoms with Crippen LogP contribution >= 0.6 is 15.9 Å². The highest BCUT2D eigenvalue weighted by Gasteiger charge is 2.19. The predicted molar refractivity (Wildman–Crippen MR) is 77.4 cm³/mol. The Morgan fingerprint density at radius 3 is 2.39 bits per heavy atom. The number of hydrogen-bond acceptors (Lipinski definition) is 3. The Kier molecular flexibility index (Phi) is 6.28. The highest BCUT2D eigenvalue weighted by atomic mass is 79.9. The van der Waals surface area contributed by atoms with Crippen LogP contribution in [0.25, 0.3) is 0 Å². The Labute approximate surface area is 118 Å². The lowest BCUT2D eigenvalue weighted by atomic mass is 10.2. The number of nitrogens with one attached hydrogen (secondary N) is 1. The van der Waals surface area contributed by atoms with E-state index in [2.05, 4.69) is 21.2 Å². The molecule has 0 fully saturated rings. The molecule has 0 aliphatic carbocycles. The average molecular weight is 335 g/mol. The Morgan fingerprint density at radius 1 is 1.28 bits per heavy atom. The van der Waals surface area contributed by atoms with Crippen LogP contribution in [0, 0.1) is 0 Å². The maximum absolute atomic E-state index is 12.2. The molecule has 1 aromatic rings. The van der Waals surface area contributed by atoms with Crippen LogP contribution in [0.2, 0.25) is 0 Å². The van der Waals surface area contributed by atoms with Crippen LogP contribution in [0.1, 0.15) is 12.0 Å². The van der Waals surface area contributed by atoms with Gasteiger partial charge in [0.25, 0.3) is 0 Å². The maximum atomic E-state index is 12.2. The molecule has 0 atom stereocenters. The first kappa shape index (κ1) is 15.6. The van der Waals surface area contributed by atoms with E-state index in [9.17, 15) is 8.42 Å². The number of alkyl halides is 1. The van der Waals surface area contributed by atoms with E-state index in [-0.39, 0.29) is 0 Å². The van der Waals surface area contributed by atoms with Gasteiger partial charge in [0.15, 0.2) is 0 Å². The fraction of sp³-hybridized carbons (Fsp3) is 0.500. The molecule has 0 bridgehead atoms. The van der Waals surface area contributed by atoms with Gasteiger partial charge in [-0.1, -0.05) is 28.1 Å². The summed E-state index contributed by atoms with van der Waals surface area (Å²) >= 11 is 3.34. The molecule has 0 heterocycles. The summed E-state index contributed by atoms with van der Waals surface area (Å²) in [5, 5.41) is 3.73. The van der Waals surface area contributed by atoms with Crippen molar-refractivity contribution in [3.05, 3.63) is 29.8 Å². The van der Waals surface area contributed by atoms with Crippen LogP contribution in [-0.4, -0.2) is 39.9 Å². The third-order valence-electron chi connectivity index (χ3n) is 2.69. The van der Waals surface area contributed by atoms with E-state index < -0.39 is 10.0 Å². The Balaban J connectivity index is 2.77. The average Bonchev–Trinajstić information content (AvgIpc) is 2.39. The molecule has 1 rings (SSSR count). The van der Waals surface area contributed by atoms with E-state index in [0.29, 0.717) is 11.4 Å². The molecule has 0 aliphatic rings. The summed E-state index contributed by atoms with van der Waals surface area (Å²) in [7, 11) is 0.115. The van der Waals surface area contributed by atoms with E-state index in [4.69, 9.17) is 0 Å². The molecule has 102 valence electrons. The lowest BCUT2D eigenvalue weighted by molar-refractivity contribution is 0.458. The minimum atomic E-state index is -3.35. The fourth-order valence-electron chi connectivity index (χ4n) is 1.53. The van der Waals surface area contributed by atoms with E-state index in [0.717, 1.165) is 23.9 Å². The van der Waals surface area contributed by atoms with Gasteiger partial charge in [-0.05, 0) is 37.7 Å². The second-order valence-electron chi connectivity index (χ2n) is 4.06. The summed E-state index contributed by atoms with van der Waals surface area (Å²) in [6.07, 6.45) is 0.797. The number of benzene rings is 1. The number of rotatable bonds is 7. The Hall–Kier alpha value is -0.430. The molecule has 0 saturated heterocycles. The minimum absolute atomic E-state index is 0.346. The molecule has 6 heteroatoms. The number of hydrogen-bond donors (Lipinski definition) is 1. The predicted octanol–water partition coefficient (Wildman–Crippen LogP) is 1.81. The normalized spacial score (nSPS) is 12.0. The highest BCUT2D eigenvalue weighted by molar-refractivity contribution is 9.08. The Bertz CT molecular complexity index is 459. The molecule has 18 heavy (non-hydrogen) atoms. The SMILES string of the molecule is CNCCCN(C)S(=O)(=O)c1ccc(CBr)cc1. The van der Waals surface area contributed by atoms with Crippen molar-refractivity contribution in [2.45, 2.75) is 16.6 Å². The fourth-order valence-corrected chi connectivity index (χ4v) is 3.11. The van der Waals surface area contributed by atoms with Crippen molar-refractivity contribution in [1.82, 2.24) is 9.62 Å². The lowest BCUT2D eigenvalue weighted by Gasteiger charge is -2.17. The van der Waals surface area contributed by atoms with Gasteiger partial charge in [0.2, 0.25) is 10.0 Å². The van der Waals surface area contributed by atoms with Gasteiger partial charge >= 0.3 is 0 Å². The zero-order chi connectivity index (χ0) is 13.6. The van der Waals surface area contributed by atoms with Gasteiger partial charge in [0.05, 0.1) is 4.90 Å². The second kappa shape index (κ2) is 7.23. The molecular formula is C12H19BrN2O2S. The third-order valence-corrected chi connectivity index (χ3v) is 5.20. The van der Waals surface area contributed by atoms with Crippen molar-refractivity contribution in [1.29, 1.82) is 0 Å². The van der Waals surface area contributed by atoms with E-state index in [1.165, 1.54) is 4.31 Å². The van der Waals surface area contributed by atoms with E-state index >= 15 is 0 Å². The molecule has 0 aliphatic heterocycles. The van der Waals surface area contributed by atoms with Gasteiger partial charge in [-0.2, -0.15) is 0 Å². The molecule has 0 radical (unpaired) electrons. The molecule has 0 unspecified atom stereocenters. The zero-order valence-electron chi connectivity index (χ0n) is 10.7. The highest BCUT2D eigenvalue weighted by Crippen LogP contribution is 2.16. The van der Waals surface area contributed by atoms with Gasteiger partial charge in [-0.15, -0.1) is 0 Å². The van der Waals surface area contributed by atoms with Crippen molar-refractivity contribution in [2.75, 3.05) is 27.2 Å². The van der Waals surface area contributed by atoms with E-state index in [1.54, 1.807) is 19.2 Å². The standard InChI is InChI=1S/C12H19BrN2O2S/c1-14-8-3-9-15(2)18(16,17)12-6-4-11(10-13)5-7-12/h4-7,14H,3,8-10H2,1-2H3. The van der Waals surface area contributed by atoms with Gasteiger partial charge in [0.1, 0.15) is 0 Å². The lowest BCUT2D eigenvalue weighted by Crippen LogP contribution is -2.29. The molecular weight excluding hydrogens is 316 g/mol. The first-order chi connectivity index (χ1) is 8.52. The molecule has 0 amide bonds. The summed E-state index contributed by atoms with van der Waals surface area (Å²) < 4.78 is 25.8. The monoisotopic (exact) mass is 334 g/mol. The van der Waals surface area contributed by atoms with Crippen molar-refractivity contribution < 1.29 is 8.42 Å². The summed E-state index contributed by atoms with van der Waals surface area (Å²) in [5.74, 6) is 0. The van der Waals surface area contributed by atoms with Crippen molar-refractivity contribution in [2.24, 2.45) is 0 Å².